The van der Waals surface area contributed by atoms with Crippen LogP contribution in [0.1, 0.15) is 36.8 Å². The number of aromatic nitrogens is 2. The minimum atomic E-state index is -1.08. The van der Waals surface area contributed by atoms with Gasteiger partial charge in [0.15, 0.2) is 28.9 Å². The number of nitrogens with zero attached hydrogens (tertiary/aromatic N) is 3. The zero-order valence-electron chi connectivity index (χ0n) is 25.4. The van der Waals surface area contributed by atoms with Crippen LogP contribution in [0.3, 0.4) is 0 Å². The van der Waals surface area contributed by atoms with E-state index < -0.39 is 11.2 Å². The van der Waals surface area contributed by atoms with E-state index in [0.717, 1.165) is 25.9 Å². The minimum Gasteiger partial charge on any atom is -0.493 e. The zero-order valence-corrected chi connectivity index (χ0v) is 25.4. The molecule has 1 saturated heterocycles. The highest BCUT2D eigenvalue weighted by atomic mass is 19.1. The Bertz CT molecular complexity index is 1720. The van der Waals surface area contributed by atoms with Crippen molar-refractivity contribution in [1.29, 1.82) is 0 Å². The maximum Gasteiger partial charge on any atom is 0.255 e. The summed E-state index contributed by atoms with van der Waals surface area (Å²) >= 11 is 0. The molecule has 0 bridgehead atoms. The average molecular weight is 616 g/mol. The first-order chi connectivity index (χ1) is 21.7. The number of piperidine rings is 1. The Balaban J connectivity index is 1.13. The SMILES string of the molecule is COc1cc2c(Oc3ncc(CC(=O)C4(C(=O)Cc5ccc(F)cc5)CC4)cc3F)ccnc2cc1OCC1CCN(C)CC1. The fourth-order valence-corrected chi connectivity index (χ4v) is 5.82. The van der Waals surface area contributed by atoms with Crippen LogP contribution in [0.25, 0.3) is 10.9 Å². The van der Waals surface area contributed by atoms with Crippen LogP contribution in [0.4, 0.5) is 8.78 Å². The van der Waals surface area contributed by atoms with Crippen LogP contribution in [0.15, 0.2) is 60.9 Å². The molecule has 0 amide bonds. The van der Waals surface area contributed by atoms with Gasteiger partial charge in [-0.2, -0.15) is 0 Å². The molecule has 3 heterocycles. The number of methoxy groups -OCH3 is 1. The molecule has 2 aromatic heterocycles. The van der Waals surface area contributed by atoms with Gasteiger partial charge in [-0.05, 0) is 93.2 Å². The highest BCUT2D eigenvalue weighted by Crippen LogP contribution is 2.49. The van der Waals surface area contributed by atoms with Gasteiger partial charge in [0.05, 0.1) is 24.6 Å². The van der Waals surface area contributed by atoms with Crippen LogP contribution in [-0.2, 0) is 22.4 Å². The molecule has 1 aliphatic carbocycles. The summed E-state index contributed by atoms with van der Waals surface area (Å²) in [5, 5.41) is 0.594. The second-order valence-electron chi connectivity index (χ2n) is 12.0. The molecule has 2 fully saturated rings. The second-order valence-corrected chi connectivity index (χ2v) is 12.0. The molecule has 8 nitrogen and oxygen atoms in total. The van der Waals surface area contributed by atoms with Crippen molar-refractivity contribution >= 4 is 22.5 Å². The summed E-state index contributed by atoms with van der Waals surface area (Å²) in [5.41, 5.74) is 0.505. The first-order valence-corrected chi connectivity index (χ1v) is 15.2. The van der Waals surface area contributed by atoms with Gasteiger partial charge in [-0.3, -0.25) is 14.6 Å². The van der Waals surface area contributed by atoms with E-state index in [-0.39, 0.29) is 36.1 Å². The fourth-order valence-electron chi connectivity index (χ4n) is 5.82. The standard InChI is InChI=1S/C35H35F2N3O5/c1-40-13-8-23(9-14-40)21-44-31-19-28-26(18-30(31)43-2)29(7-12-38-28)45-34-27(37)15-24(20-39-34)17-33(42)35(10-11-35)32(41)16-22-3-5-25(36)6-4-22/h3-7,12,15,18-20,23H,8-11,13-14,16-17,21H2,1-2H3. The summed E-state index contributed by atoms with van der Waals surface area (Å²) in [6.45, 7) is 2.68. The smallest absolute Gasteiger partial charge is 0.255 e. The number of rotatable bonds is 12. The summed E-state index contributed by atoms with van der Waals surface area (Å²) < 4.78 is 46.1. The van der Waals surface area contributed by atoms with E-state index in [1.54, 1.807) is 31.5 Å². The van der Waals surface area contributed by atoms with Crippen LogP contribution < -0.4 is 14.2 Å². The van der Waals surface area contributed by atoms with Crippen molar-refractivity contribution in [3.05, 3.63) is 83.7 Å². The highest BCUT2D eigenvalue weighted by molar-refractivity contribution is 6.10. The number of hydrogen-bond donors (Lipinski definition) is 0. The molecule has 1 aliphatic heterocycles. The quantitative estimate of drug-likeness (QED) is 0.176. The summed E-state index contributed by atoms with van der Waals surface area (Å²) in [5.74, 6) is 0.0293. The third-order valence-corrected chi connectivity index (χ3v) is 8.83. The molecule has 0 spiro atoms. The summed E-state index contributed by atoms with van der Waals surface area (Å²) in [6.07, 6.45) is 5.91. The Morgan fingerprint density at radius 1 is 0.911 bits per heavy atom. The molecule has 6 rings (SSSR count). The van der Waals surface area contributed by atoms with Crippen molar-refractivity contribution in [2.45, 2.75) is 38.5 Å². The van der Waals surface area contributed by atoms with Crippen LogP contribution in [0.5, 0.6) is 23.1 Å². The molecule has 0 radical (unpaired) electrons. The van der Waals surface area contributed by atoms with Crippen LogP contribution >= 0.6 is 0 Å². The Morgan fingerprint density at radius 3 is 2.29 bits per heavy atom. The number of carbonyl (C=O) groups is 2. The molecule has 0 atom stereocenters. The van der Waals surface area contributed by atoms with Gasteiger partial charge >= 0.3 is 0 Å². The Kier molecular flexibility index (Phi) is 8.76. The largest absolute Gasteiger partial charge is 0.493 e. The lowest BCUT2D eigenvalue weighted by Gasteiger charge is -2.28. The number of hydrogen-bond acceptors (Lipinski definition) is 8. The molecule has 2 aliphatic rings. The molecular formula is C35H35F2N3O5. The monoisotopic (exact) mass is 615 g/mol. The van der Waals surface area contributed by atoms with Crippen LogP contribution in [0, 0.1) is 23.0 Å². The molecule has 0 N–H and O–H groups in total. The lowest BCUT2D eigenvalue weighted by atomic mass is 9.88. The van der Waals surface area contributed by atoms with Gasteiger partial charge in [-0.25, -0.2) is 13.8 Å². The Hall–Kier alpha value is -4.44. The van der Waals surface area contributed by atoms with Gasteiger partial charge in [0.25, 0.3) is 5.88 Å². The molecule has 10 heteroatoms. The first kappa shape index (κ1) is 30.6. The molecule has 45 heavy (non-hydrogen) atoms. The predicted molar refractivity (Wildman–Crippen MR) is 164 cm³/mol. The number of halogens is 2. The zero-order chi connectivity index (χ0) is 31.6. The van der Waals surface area contributed by atoms with Crippen molar-refractivity contribution < 1.29 is 32.6 Å². The number of carbonyl (C=O) groups excluding carboxylic acids is 2. The lowest BCUT2D eigenvalue weighted by Crippen LogP contribution is -2.32. The van der Waals surface area contributed by atoms with Gasteiger partial charge in [0.1, 0.15) is 11.6 Å². The molecule has 234 valence electrons. The Labute approximate surface area is 260 Å². The number of Topliss-reactive ketones (excluding diaryl/α,β-unsaturated/α-hetero) is 2. The van der Waals surface area contributed by atoms with E-state index in [1.807, 2.05) is 0 Å². The van der Waals surface area contributed by atoms with Crippen LogP contribution in [-0.4, -0.2) is 60.3 Å². The number of fused-ring (bicyclic) bond motifs is 1. The van der Waals surface area contributed by atoms with E-state index in [1.165, 1.54) is 36.5 Å². The van der Waals surface area contributed by atoms with Crippen molar-refractivity contribution in [3.63, 3.8) is 0 Å². The minimum absolute atomic E-state index is 0.0437. The van der Waals surface area contributed by atoms with E-state index in [0.29, 0.717) is 64.6 Å². The van der Waals surface area contributed by atoms with Crippen molar-refractivity contribution in [2.24, 2.45) is 11.3 Å². The number of pyridine rings is 2. The number of likely N-dealkylation sites (tertiary alicyclic amines) is 1. The summed E-state index contributed by atoms with van der Waals surface area (Å²) in [6, 6.07) is 12.0. The number of benzene rings is 2. The van der Waals surface area contributed by atoms with Gasteiger partial charge in [0.2, 0.25) is 0 Å². The van der Waals surface area contributed by atoms with Crippen molar-refractivity contribution in [2.75, 3.05) is 33.9 Å². The third kappa shape index (κ3) is 6.81. The maximum atomic E-state index is 15.2. The van der Waals surface area contributed by atoms with Gasteiger partial charge < -0.3 is 19.1 Å². The summed E-state index contributed by atoms with van der Waals surface area (Å²) in [7, 11) is 3.68. The van der Waals surface area contributed by atoms with Crippen LogP contribution in [0.2, 0.25) is 0 Å². The fraction of sp³-hybridized carbons (Fsp3) is 0.371. The topological polar surface area (TPSA) is 90.9 Å². The lowest BCUT2D eigenvalue weighted by molar-refractivity contribution is -0.133. The molecule has 4 aromatic rings. The van der Waals surface area contributed by atoms with E-state index in [9.17, 15) is 14.0 Å². The Morgan fingerprint density at radius 2 is 1.62 bits per heavy atom. The molecule has 0 unspecified atom stereocenters. The average Bonchev–Trinajstić information content (AvgIpc) is 3.85. The number of ketones is 2. The van der Waals surface area contributed by atoms with Gasteiger partial charge in [-0.1, -0.05) is 12.1 Å². The van der Waals surface area contributed by atoms with Crippen molar-refractivity contribution in [1.82, 2.24) is 14.9 Å². The third-order valence-electron chi connectivity index (χ3n) is 8.83. The van der Waals surface area contributed by atoms with E-state index >= 15 is 4.39 Å². The second kappa shape index (κ2) is 12.9. The van der Waals surface area contributed by atoms with Gasteiger partial charge in [0, 0.05) is 36.7 Å². The van der Waals surface area contributed by atoms with Gasteiger partial charge in [-0.15, -0.1) is 0 Å². The van der Waals surface area contributed by atoms with E-state index in [4.69, 9.17) is 14.2 Å². The summed E-state index contributed by atoms with van der Waals surface area (Å²) in [4.78, 5) is 37.1. The molecule has 1 saturated carbocycles. The van der Waals surface area contributed by atoms with Crippen molar-refractivity contribution in [3.8, 4) is 23.1 Å². The molecular weight excluding hydrogens is 580 g/mol. The van der Waals surface area contributed by atoms with E-state index in [2.05, 4.69) is 21.9 Å². The number of ether oxygens (including phenoxy) is 3. The highest BCUT2D eigenvalue weighted by Gasteiger charge is 2.54. The normalized spacial score (nSPS) is 16.4. The first-order valence-electron chi connectivity index (χ1n) is 15.2. The molecule has 2 aromatic carbocycles. The predicted octanol–water partition coefficient (Wildman–Crippen LogP) is 6.13. The maximum absolute atomic E-state index is 15.2.